The average molecular weight is 320 g/mol. The van der Waals surface area contributed by atoms with Gasteiger partial charge in [-0.05, 0) is 43.0 Å². The normalized spacial score (nSPS) is 16.6. The third-order valence-electron chi connectivity index (χ3n) is 4.32. The van der Waals surface area contributed by atoms with E-state index in [0.29, 0.717) is 11.2 Å². The van der Waals surface area contributed by atoms with E-state index in [2.05, 4.69) is 20.3 Å². The van der Waals surface area contributed by atoms with Gasteiger partial charge in [0, 0.05) is 11.8 Å². The zero-order valence-electron chi connectivity index (χ0n) is 13.0. The van der Waals surface area contributed by atoms with Crippen LogP contribution in [0.25, 0.3) is 11.0 Å². The Morgan fingerprint density at radius 2 is 2.00 bits per heavy atom. The number of hydrogen-bond acceptors (Lipinski definition) is 4. The predicted octanol–water partition coefficient (Wildman–Crippen LogP) is 2.13. The Labute approximate surface area is 138 Å². The lowest BCUT2D eigenvalue weighted by Crippen LogP contribution is -2.32. The van der Waals surface area contributed by atoms with E-state index in [1.54, 1.807) is 6.07 Å². The number of amides is 1. The van der Waals surface area contributed by atoms with Crippen LogP contribution in [-0.2, 0) is 6.42 Å². The molecule has 1 amide bonds. The molecule has 2 N–H and O–H groups in total. The predicted molar refractivity (Wildman–Crippen MR) is 89.7 cm³/mol. The Morgan fingerprint density at radius 1 is 1.17 bits per heavy atom. The first-order chi connectivity index (χ1) is 11.7. The number of hydrogen-bond donors (Lipinski definition) is 2. The quantitative estimate of drug-likeness (QED) is 0.757. The molecule has 1 atom stereocenters. The minimum absolute atomic E-state index is 0.110. The molecule has 6 heteroatoms. The molecule has 0 bridgehead atoms. The Kier molecular flexibility index (Phi) is 3.57. The topological polar surface area (TPSA) is 87.7 Å². The zero-order chi connectivity index (χ0) is 16.5. The Morgan fingerprint density at radius 3 is 2.88 bits per heavy atom. The summed E-state index contributed by atoms with van der Waals surface area (Å²) in [5.74, 6) is -0.252. The highest BCUT2D eigenvalue weighted by atomic mass is 16.2. The number of nitrogens with zero attached hydrogens (tertiary/aromatic N) is 2. The van der Waals surface area contributed by atoms with Gasteiger partial charge in [0.2, 0.25) is 5.56 Å². The molecule has 120 valence electrons. The van der Waals surface area contributed by atoms with Crippen LogP contribution in [0, 0.1) is 0 Å². The van der Waals surface area contributed by atoms with Crippen LogP contribution >= 0.6 is 0 Å². The molecule has 0 spiro atoms. The van der Waals surface area contributed by atoms with Crippen molar-refractivity contribution < 1.29 is 4.79 Å². The van der Waals surface area contributed by atoms with Crippen molar-refractivity contribution in [1.29, 1.82) is 0 Å². The average Bonchev–Trinajstić information content (AvgIpc) is 2.61. The van der Waals surface area contributed by atoms with Crippen molar-refractivity contribution >= 4 is 16.9 Å². The number of carbonyl (C=O) groups excluding carboxylic acids is 1. The van der Waals surface area contributed by atoms with Gasteiger partial charge < -0.3 is 10.3 Å². The van der Waals surface area contributed by atoms with E-state index in [1.807, 2.05) is 24.3 Å². The second-order valence-corrected chi connectivity index (χ2v) is 5.92. The fraction of sp³-hybridized carbons (Fsp3) is 0.222. The summed E-state index contributed by atoms with van der Waals surface area (Å²) in [6, 6.07) is 10.6. The van der Waals surface area contributed by atoms with Gasteiger partial charge in [0.25, 0.3) is 5.91 Å². The van der Waals surface area contributed by atoms with E-state index in [9.17, 15) is 9.59 Å². The first-order valence-electron chi connectivity index (χ1n) is 7.95. The smallest absolute Gasteiger partial charge is 0.271 e. The van der Waals surface area contributed by atoms with Gasteiger partial charge in [-0.1, -0.05) is 12.1 Å². The minimum Gasteiger partial charge on any atom is -0.344 e. The summed E-state index contributed by atoms with van der Waals surface area (Å²) in [5, 5.41) is 3.01. The van der Waals surface area contributed by atoms with Crippen LogP contribution < -0.4 is 10.9 Å². The maximum atomic E-state index is 12.5. The number of para-hydroxylation sites is 2. The maximum absolute atomic E-state index is 12.5. The standard InChI is InChI=1S/C18H16N4O2/c23-17-9-8-11-12(21-17)6-3-7-13(11)22-18(24)16-10-19-14-4-1-2-5-15(14)20-16/h1-2,4-5,8-10,13H,3,6-7H2,(H,21,23)(H,22,24). The van der Waals surface area contributed by atoms with Crippen LogP contribution in [0.4, 0.5) is 0 Å². The fourth-order valence-corrected chi connectivity index (χ4v) is 3.15. The number of H-pyrrole nitrogens is 1. The lowest BCUT2D eigenvalue weighted by atomic mass is 9.91. The third-order valence-corrected chi connectivity index (χ3v) is 4.32. The lowest BCUT2D eigenvalue weighted by molar-refractivity contribution is 0.0927. The van der Waals surface area contributed by atoms with Crippen molar-refractivity contribution in [3.05, 3.63) is 69.9 Å². The van der Waals surface area contributed by atoms with Crippen molar-refractivity contribution in [2.45, 2.75) is 25.3 Å². The van der Waals surface area contributed by atoms with Crippen LogP contribution in [-0.4, -0.2) is 20.9 Å². The van der Waals surface area contributed by atoms with Crippen LogP contribution in [0.3, 0.4) is 0 Å². The SMILES string of the molecule is O=C(NC1CCCc2[nH]c(=O)ccc21)c1cnc2ccccc2n1. The summed E-state index contributed by atoms with van der Waals surface area (Å²) in [7, 11) is 0. The molecule has 24 heavy (non-hydrogen) atoms. The highest BCUT2D eigenvalue weighted by Gasteiger charge is 2.23. The molecule has 0 aliphatic heterocycles. The second-order valence-electron chi connectivity index (χ2n) is 5.92. The van der Waals surface area contributed by atoms with Gasteiger partial charge in [0.1, 0.15) is 5.69 Å². The van der Waals surface area contributed by atoms with E-state index in [-0.39, 0.29) is 17.5 Å². The van der Waals surface area contributed by atoms with E-state index in [4.69, 9.17) is 0 Å². The summed E-state index contributed by atoms with van der Waals surface area (Å²) in [5.41, 5.74) is 3.52. The molecule has 6 nitrogen and oxygen atoms in total. The number of rotatable bonds is 2. The summed E-state index contributed by atoms with van der Waals surface area (Å²) in [6.45, 7) is 0. The number of pyridine rings is 1. The van der Waals surface area contributed by atoms with Crippen molar-refractivity contribution in [2.24, 2.45) is 0 Å². The van der Waals surface area contributed by atoms with Gasteiger partial charge in [-0.3, -0.25) is 14.6 Å². The molecule has 2 heterocycles. The molecule has 0 radical (unpaired) electrons. The number of carbonyl (C=O) groups is 1. The molecule has 4 rings (SSSR count). The Hall–Kier alpha value is -3.02. The van der Waals surface area contributed by atoms with Crippen LogP contribution in [0.2, 0.25) is 0 Å². The van der Waals surface area contributed by atoms with Gasteiger partial charge in [-0.2, -0.15) is 0 Å². The first-order valence-corrected chi connectivity index (χ1v) is 7.95. The Bertz CT molecular complexity index is 980. The van der Waals surface area contributed by atoms with E-state index in [1.165, 1.54) is 12.3 Å². The minimum atomic E-state index is -0.252. The summed E-state index contributed by atoms with van der Waals surface area (Å²) in [6.07, 6.45) is 4.08. The van der Waals surface area contributed by atoms with Crippen molar-refractivity contribution in [3.8, 4) is 0 Å². The molecule has 1 unspecified atom stereocenters. The molecule has 0 fully saturated rings. The number of aromatic amines is 1. The molecule has 3 aromatic rings. The van der Waals surface area contributed by atoms with Crippen LogP contribution in [0.15, 0.2) is 47.4 Å². The summed E-state index contributed by atoms with van der Waals surface area (Å²) in [4.78, 5) is 35.5. The number of fused-ring (bicyclic) bond motifs is 2. The lowest BCUT2D eigenvalue weighted by Gasteiger charge is -2.25. The fourth-order valence-electron chi connectivity index (χ4n) is 3.15. The third kappa shape index (κ3) is 2.67. The molecule has 1 aliphatic carbocycles. The van der Waals surface area contributed by atoms with Crippen molar-refractivity contribution in [2.75, 3.05) is 0 Å². The number of benzene rings is 1. The largest absolute Gasteiger partial charge is 0.344 e. The molecule has 1 aliphatic rings. The Balaban J connectivity index is 1.61. The van der Waals surface area contributed by atoms with E-state index in [0.717, 1.165) is 36.0 Å². The highest BCUT2D eigenvalue weighted by Crippen LogP contribution is 2.27. The van der Waals surface area contributed by atoms with E-state index >= 15 is 0 Å². The number of aromatic nitrogens is 3. The van der Waals surface area contributed by atoms with Crippen molar-refractivity contribution in [1.82, 2.24) is 20.3 Å². The van der Waals surface area contributed by atoms with Gasteiger partial charge in [-0.15, -0.1) is 0 Å². The molecule has 0 saturated carbocycles. The monoisotopic (exact) mass is 320 g/mol. The van der Waals surface area contributed by atoms with Crippen LogP contribution in [0.1, 0.15) is 40.6 Å². The van der Waals surface area contributed by atoms with Gasteiger partial charge in [-0.25, -0.2) is 4.98 Å². The second kappa shape index (κ2) is 5.88. The van der Waals surface area contributed by atoms with Gasteiger partial charge in [0.05, 0.1) is 23.3 Å². The molecule has 1 aromatic carbocycles. The first kappa shape index (κ1) is 14.6. The number of aryl methyl sites for hydroxylation is 1. The summed E-state index contributed by atoms with van der Waals surface area (Å²) < 4.78 is 0. The zero-order valence-corrected chi connectivity index (χ0v) is 13.0. The number of nitrogens with one attached hydrogen (secondary N) is 2. The maximum Gasteiger partial charge on any atom is 0.271 e. The highest BCUT2D eigenvalue weighted by molar-refractivity contribution is 5.94. The molecule has 0 saturated heterocycles. The van der Waals surface area contributed by atoms with Gasteiger partial charge >= 0.3 is 0 Å². The molecular formula is C18H16N4O2. The van der Waals surface area contributed by atoms with Crippen molar-refractivity contribution in [3.63, 3.8) is 0 Å². The molecular weight excluding hydrogens is 304 g/mol. The van der Waals surface area contributed by atoms with Gasteiger partial charge in [0.15, 0.2) is 0 Å². The molecule has 2 aromatic heterocycles. The van der Waals surface area contributed by atoms with E-state index < -0.39 is 0 Å². The summed E-state index contributed by atoms with van der Waals surface area (Å²) >= 11 is 0. The van der Waals surface area contributed by atoms with Crippen LogP contribution in [0.5, 0.6) is 0 Å².